The van der Waals surface area contributed by atoms with Gasteiger partial charge in [0.15, 0.2) is 0 Å². The summed E-state index contributed by atoms with van der Waals surface area (Å²) in [5.74, 6) is -0.969. The molecule has 0 aliphatic heterocycles. The Labute approximate surface area is 368 Å². The monoisotopic (exact) mass is 852 g/mol. The van der Waals surface area contributed by atoms with Gasteiger partial charge in [-0.3, -0.25) is 9.35 Å². The summed E-state index contributed by atoms with van der Waals surface area (Å²) in [7, 11) is -4.35. The molecule has 0 aromatic carbocycles. The first-order chi connectivity index (χ1) is 28.8. The van der Waals surface area contributed by atoms with Crippen molar-refractivity contribution in [3.63, 3.8) is 0 Å². The fraction of sp³-hybridized carbons (Fsp3) is 0.904. The van der Waals surface area contributed by atoms with Crippen LogP contribution in [0.3, 0.4) is 0 Å². The first kappa shape index (κ1) is 57.8. The van der Waals surface area contributed by atoms with Gasteiger partial charge in [0.05, 0.1) is 17.9 Å². The van der Waals surface area contributed by atoms with Crippen LogP contribution in [0.1, 0.15) is 284 Å². The molecule has 0 radical (unpaired) electrons. The number of nitrogens with one attached hydrogen (secondary N) is 1. The minimum Gasteiger partial charge on any atom is -0.387 e. The molecule has 0 bridgehead atoms. The largest absolute Gasteiger partial charge is 0.387 e. The molecule has 0 aliphatic carbocycles. The molecule has 0 spiro atoms. The van der Waals surface area contributed by atoms with Crippen molar-refractivity contribution >= 4 is 16.0 Å². The Balaban J connectivity index is 3.77. The average Bonchev–Trinajstić information content (AvgIpc) is 3.20. The molecule has 59 heavy (non-hydrogen) atoms. The summed E-state index contributed by atoms with van der Waals surface area (Å²) in [6.45, 7) is 4.56. The highest BCUT2D eigenvalue weighted by Crippen LogP contribution is 2.17. The minimum atomic E-state index is -4.35. The van der Waals surface area contributed by atoms with Gasteiger partial charge in [0.1, 0.15) is 0 Å². The van der Waals surface area contributed by atoms with Crippen molar-refractivity contribution in [3.05, 3.63) is 24.3 Å². The van der Waals surface area contributed by atoms with Gasteiger partial charge in [0.2, 0.25) is 5.91 Å². The smallest absolute Gasteiger partial charge is 0.267 e. The number of rotatable bonds is 48. The molecule has 0 rings (SSSR count). The lowest BCUT2D eigenvalue weighted by Crippen LogP contribution is -2.46. The number of amides is 1. The molecule has 0 aromatic rings. The predicted molar refractivity (Wildman–Crippen MR) is 258 cm³/mol. The van der Waals surface area contributed by atoms with Crippen molar-refractivity contribution in [2.75, 3.05) is 5.75 Å². The van der Waals surface area contributed by atoms with E-state index in [1.807, 2.05) is 6.08 Å². The summed E-state index contributed by atoms with van der Waals surface area (Å²) in [6, 6.07) is -1.06. The average molecular weight is 852 g/mol. The molecule has 0 saturated carbocycles. The van der Waals surface area contributed by atoms with Gasteiger partial charge in [0.25, 0.3) is 10.1 Å². The Morgan fingerprint density at radius 1 is 0.441 bits per heavy atom. The molecule has 3 N–H and O–H groups in total. The van der Waals surface area contributed by atoms with Crippen LogP contribution in [0.4, 0.5) is 0 Å². The molecule has 0 heterocycles. The molecule has 7 heteroatoms. The lowest BCUT2D eigenvalue weighted by molar-refractivity contribution is -0.122. The summed E-state index contributed by atoms with van der Waals surface area (Å²) in [6.07, 6.45) is 60.4. The van der Waals surface area contributed by atoms with E-state index in [1.165, 1.54) is 225 Å². The highest BCUT2D eigenvalue weighted by atomic mass is 32.2. The second-order valence-corrected chi connectivity index (χ2v) is 19.7. The number of allylic oxidation sites excluding steroid dienone is 3. The van der Waals surface area contributed by atoms with E-state index in [-0.39, 0.29) is 5.91 Å². The van der Waals surface area contributed by atoms with Gasteiger partial charge in [-0.15, -0.1) is 0 Å². The van der Waals surface area contributed by atoms with E-state index in [1.54, 1.807) is 6.08 Å². The number of carbonyl (C=O) groups is 1. The summed E-state index contributed by atoms with van der Waals surface area (Å²) in [5, 5.41) is 13.3. The maximum absolute atomic E-state index is 12.6. The van der Waals surface area contributed by atoms with Gasteiger partial charge in [-0.1, -0.05) is 256 Å². The van der Waals surface area contributed by atoms with Crippen molar-refractivity contribution in [2.24, 2.45) is 0 Å². The van der Waals surface area contributed by atoms with E-state index >= 15 is 0 Å². The molecule has 0 saturated heterocycles. The number of hydrogen-bond acceptors (Lipinski definition) is 4. The normalized spacial score (nSPS) is 13.2. The third kappa shape index (κ3) is 47.7. The van der Waals surface area contributed by atoms with Gasteiger partial charge in [0, 0.05) is 6.42 Å². The van der Waals surface area contributed by atoms with E-state index in [9.17, 15) is 22.9 Å². The fourth-order valence-corrected chi connectivity index (χ4v) is 8.95. The van der Waals surface area contributed by atoms with Crippen molar-refractivity contribution in [1.82, 2.24) is 5.32 Å². The Bertz CT molecular complexity index is 1030. The predicted octanol–water partition coefficient (Wildman–Crippen LogP) is 16.3. The third-order valence-electron chi connectivity index (χ3n) is 12.1. The van der Waals surface area contributed by atoms with Gasteiger partial charge < -0.3 is 10.4 Å². The van der Waals surface area contributed by atoms with Crippen molar-refractivity contribution in [1.29, 1.82) is 0 Å². The van der Waals surface area contributed by atoms with Gasteiger partial charge in [-0.25, -0.2) is 0 Å². The maximum Gasteiger partial charge on any atom is 0.267 e. The van der Waals surface area contributed by atoms with Crippen LogP contribution in [0.5, 0.6) is 0 Å². The van der Waals surface area contributed by atoms with E-state index < -0.39 is 28.0 Å². The molecular formula is C52H101NO5S. The molecule has 350 valence electrons. The summed E-state index contributed by atoms with van der Waals surface area (Å²) < 4.78 is 32.7. The lowest BCUT2D eigenvalue weighted by Gasteiger charge is -2.21. The Hall–Kier alpha value is -1.18. The van der Waals surface area contributed by atoms with Crippen LogP contribution in [0.2, 0.25) is 0 Å². The Morgan fingerprint density at radius 3 is 1.02 bits per heavy atom. The van der Waals surface area contributed by atoms with Crippen LogP contribution >= 0.6 is 0 Å². The zero-order chi connectivity index (χ0) is 43.2. The molecule has 0 aliphatic rings. The van der Waals surface area contributed by atoms with Crippen LogP contribution in [0.25, 0.3) is 0 Å². The number of carbonyl (C=O) groups excluding carboxylic acids is 1. The first-order valence-electron chi connectivity index (χ1n) is 26.0. The zero-order valence-corrected chi connectivity index (χ0v) is 40.2. The highest BCUT2D eigenvalue weighted by molar-refractivity contribution is 7.85. The van der Waals surface area contributed by atoms with Crippen LogP contribution < -0.4 is 5.32 Å². The van der Waals surface area contributed by atoms with Gasteiger partial charge in [-0.2, -0.15) is 8.42 Å². The Kier molecular flexibility index (Phi) is 45.4. The van der Waals surface area contributed by atoms with Crippen LogP contribution in [0, 0.1) is 0 Å². The van der Waals surface area contributed by atoms with Crippen LogP contribution in [0.15, 0.2) is 24.3 Å². The first-order valence-corrected chi connectivity index (χ1v) is 27.6. The van der Waals surface area contributed by atoms with E-state index in [2.05, 4.69) is 31.3 Å². The third-order valence-corrected chi connectivity index (χ3v) is 12.9. The fourth-order valence-electron chi connectivity index (χ4n) is 8.21. The number of aliphatic hydroxyl groups is 1. The molecule has 2 unspecified atom stereocenters. The van der Waals surface area contributed by atoms with E-state index in [4.69, 9.17) is 0 Å². The number of hydrogen-bond donors (Lipinski definition) is 3. The molecule has 6 nitrogen and oxygen atoms in total. The molecule has 1 amide bonds. The maximum atomic E-state index is 12.6. The van der Waals surface area contributed by atoms with Crippen molar-refractivity contribution < 1.29 is 22.9 Å². The van der Waals surface area contributed by atoms with Crippen LogP contribution in [-0.2, 0) is 14.9 Å². The minimum absolute atomic E-state index is 0.274. The van der Waals surface area contributed by atoms with Gasteiger partial charge >= 0.3 is 0 Å². The molecule has 2 atom stereocenters. The SMILES string of the molecule is CCCCCCCCCC/C=C\CCCCCCCCCCCCCC(=O)NC(CS(=O)(=O)O)C(O)/C=C/CCCCCCCCCCCCCCCCCCCCC. The molecular weight excluding hydrogens is 751 g/mol. The second kappa shape index (κ2) is 46.3. The second-order valence-electron chi connectivity index (χ2n) is 18.2. The van der Waals surface area contributed by atoms with Crippen molar-refractivity contribution in [2.45, 2.75) is 296 Å². The number of unbranched alkanes of at least 4 members (excludes halogenated alkanes) is 38. The Morgan fingerprint density at radius 2 is 0.712 bits per heavy atom. The van der Waals surface area contributed by atoms with Crippen LogP contribution in [-0.4, -0.2) is 41.9 Å². The standard InChI is InChI=1S/C52H101NO5S/c1-3-5-7-9-11-13-15-17-19-21-23-25-26-28-30-32-34-36-38-40-42-44-46-48-52(55)53-50(49-59(56,57)58)51(54)47-45-43-41-39-37-35-33-31-29-27-24-22-20-18-16-14-12-10-8-6-4-2/h21,23,45,47,50-51,54H,3-20,22,24-44,46,48-49H2,1-2H3,(H,53,55)(H,56,57,58)/b23-21-,47-45+. The highest BCUT2D eigenvalue weighted by Gasteiger charge is 2.24. The van der Waals surface area contributed by atoms with E-state index in [0.717, 1.165) is 38.5 Å². The number of aliphatic hydroxyl groups excluding tert-OH is 1. The van der Waals surface area contributed by atoms with E-state index in [0.29, 0.717) is 6.42 Å². The lowest BCUT2D eigenvalue weighted by atomic mass is 10.0. The summed E-state index contributed by atoms with van der Waals surface area (Å²) in [5.41, 5.74) is 0. The topological polar surface area (TPSA) is 104 Å². The molecule has 0 fully saturated rings. The van der Waals surface area contributed by atoms with Crippen molar-refractivity contribution in [3.8, 4) is 0 Å². The quantitative estimate of drug-likeness (QED) is 0.0321. The van der Waals surface area contributed by atoms with Gasteiger partial charge in [-0.05, 0) is 44.9 Å². The molecule has 0 aromatic heterocycles. The summed E-state index contributed by atoms with van der Waals surface area (Å²) in [4.78, 5) is 12.6. The summed E-state index contributed by atoms with van der Waals surface area (Å²) >= 11 is 0. The zero-order valence-electron chi connectivity index (χ0n) is 39.4.